The summed E-state index contributed by atoms with van der Waals surface area (Å²) in [7, 11) is 0. The molecule has 2 nitrogen and oxygen atoms in total. The number of nitrogens with one attached hydrogen (secondary N) is 1. The molecule has 1 aromatic carbocycles. The average molecular weight is 266 g/mol. The Hall–Kier alpha value is -0.570. The van der Waals surface area contributed by atoms with E-state index in [9.17, 15) is 0 Å². The summed E-state index contributed by atoms with van der Waals surface area (Å²) < 4.78 is 6.24. The monoisotopic (exact) mass is 265 g/mol. The molecule has 0 bridgehead atoms. The van der Waals surface area contributed by atoms with Gasteiger partial charge in [-0.15, -0.1) is 0 Å². The van der Waals surface area contributed by atoms with Gasteiger partial charge in [0.05, 0.1) is 5.60 Å². The summed E-state index contributed by atoms with van der Waals surface area (Å²) >= 11 is 6.00. The lowest BCUT2D eigenvalue weighted by Crippen LogP contribution is -2.41. The first kappa shape index (κ1) is 12.5. The Labute approximate surface area is 114 Å². The van der Waals surface area contributed by atoms with E-state index in [-0.39, 0.29) is 5.60 Å². The third-order valence-electron chi connectivity index (χ3n) is 4.38. The Bertz CT molecular complexity index is 391. The van der Waals surface area contributed by atoms with E-state index in [1.807, 2.05) is 12.1 Å². The SMILES string of the molecule is Clc1ccc([C@@]2(C3CCNCC3)CCCO2)cc1. The number of ether oxygens (including phenoxy) is 1. The lowest BCUT2D eigenvalue weighted by atomic mass is 9.75. The van der Waals surface area contributed by atoms with Gasteiger partial charge < -0.3 is 10.1 Å². The van der Waals surface area contributed by atoms with Crippen LogP contribution in [0.4, 0.5) is 0 Å². The summed E-state index contributed by atoms with van der Waals surface area (Å²) in [5.74, 6) is 0.641. The molecule has 0 aromatic heterocycles. The van der Waals surface area contributed by atoms with Gasteiger partial charge in [-0.1, -0.05) is 23.7 Å². The van der Waals surface area contributed by atoms with Crippen LogP contribution >= 0.6 is 11.6 Å². The van der Waals surface area contributed by atoms with Crippen LogP contribution in [-0.2, 0) is 10.3 Å². The smallest absolute Gasteiger partial charge is 0.0961 e. The van der Waals surface area contributed by atoms with E-state index in [2.05, 4.69) is 17.4 Å². The summed E-state index contributed by atoms with van der Waals surface area (Å²) in [6, 6.07) is 8.27. The molecule has 2 fully saturated rings. The lowest BCUT2D eigenvalue weighted by Gasteiger charge is -2.39. The minimum absolute atomic E-state index is 0.0489. The van der Waals surface area contributed by atoms with Gasteiger partial charge in [0.2, 0.25) is 0 Å². The van der Waals surface area contributed by atoms with Gasteiger partial charge in [0.15, 0.2) is 0 Å². The van der Waals surface area contributed by atoms with Crippen molar-refractivity contribution in [2.75, 3.05) is 19.7 Å². The molecule has 1 N–H and O–H groups in total. The topological polar surface area (TPSA) is 21.3 Å². The summed E-state index contributed by atoms with van der Waals surface area (Å²) in [6.07, 6.45) is 4.75. The zero-order valence-corrected chi connectivity index (χ0v) is 11.4. The van der Waals surface area contributed by atoms with Crippen molar-refractivity contribution in [1.29, 1.82) is 0 Å². The first-order chi connectivity index (χ1) is 8.81. The Morgan fingerprint density at radius 2 is 1.89 bits per heavy atom. The summed E-state index contributed by atoms with van der Waals surface area (Å²) in [5, 5.41) is 4.24. The number of rotatable bonds is 2. The molecule has 0 spiro atoms. The lowest BCUT2D eigenvalue weighted by molar-refractivity contribution is -0.0592. The Morgan fingerprint density at radius 3 is 2.50 bits per heavy atom. The van der Waals surface area contributed by atoms with Gasteiger partial charge in [-0.25, -0.2) is 0 Å². The zero-order valence-electron chi connectivity index (χ0n) is 10.6. The molecule has 2 heterocycles. The summed E-state index contributed by atoms with van der Waals surface area (Å²) in [6.45, 7) is 3.12. The second-order valence-electron chi connectivity index (χ2n) is 5.37. The van der Waals surface area contributed by atoms with Crippen molar-refractivity contribution < 1.29 is 4.74 Å². The van der Waals surface area contributed by atoms with E-state index in [1.165, 1.54) is 24.8 Å². The fraction of sp³-hybridized carbons (Fsp3) is 0.600. The van der Waals surface area contributed by atoms with Crippen molar-refractivity contribution in [2.45, 2.75) is 31.3 Å². The van der Waals surface area contributed by atoms with Crippen molar-refractivity contribution in [3.63, 3.8) is 0 Å². The van der Waals surface area contributed by atoms with Crippen molar-refractivity contribution in [2.24, 2.45) is 5.92 Å². The van der Waals surface area contributed by atoms with Crippen LogP contribution in [0.1, 0.15) is 31.2 Å². The highest BCUT2D eigenvalue weighted by atomic mass is 35.5. The minimum atomic E-state index is -0.0489. The highest BCUT2D eigenvalue weighted by molar-refractivity contribution is 6.30. The number of piperidine rings is 1. The van der Waals surface area contributed by atoms with E-state index >= 15 is 0 Å². The molecule has 0 unspecified atom stereocenters. The van der Waals surface area contributed by atoms with Crippen LogP contribution < -0.4 is 5.32 Å². The van der Waals surface area contributed by atoms with Crippen molar-refractivity contribution >= 4 is 11.6 Å². The molecule has 0 saturated carbocycles. The highest BCUT2D eigenvalue weighted by Gasteiger charge is 2.44. The van der Waals surface area contributed by atoms with Crippen LogP contribution in [0.5, 0.6) is 0 Å². The fourth-order valence-electron chi connectivity index (χ4n) is 3.47. The fourth-order valence-corrected chi connectivity index (χ4v) is 3.59. The Kier molecular flexibility index (Phi) is 3.60. The van der Waals surface area contributed by atoms with E-state index < -0.39 is 0 Å². The highest BCUT2D eigenvalue weighted by Crippen LogP contribution is 2.46. The van der Waals surface area contributed by atoms with Crippen LogP contribution in [0.15, 0.2) is 24.3 Å². The largest absolute Gasteiger partial charge is 0.370 e. The molecule has 3 heteroatoms. The predicted octanol–water partition coefficient (Wildman–Crippen LogP) is 3.35. The number of hydrogen-bond donors (Lipinski definition) is 1. The van der Waals surface area contributed by atoms with Crippen molar-refractivity contribution in [3.05, 3.63) is 34.9 Å². The van der Waals surface area contributed by atoms with Crippen LogP contribution in [-0.4, -0.2) is 19.7 Å². The van der Waals surface area contributed by atoms with E-state index in [4.69, 9.17) is 16.3 Å². The maximum atomic E-state index is 6.24. The molecule has 2 aliphatic heterocycles. The average Bonchev–Trinajstić information content (AvgIpc) is 2.91. The van der Waals surface area contributed by atoms with Gasteiger partial charge in [-0.05, 0) is 62.4 Å². The Morgan fingerprint density at radius 1 is 1.17 bits per heavy atom. The molecule has 98 valence electrons. The van der Waals surface area contributed by atoms with Gasteiger partial charge >= 0.3 is 0 Å². The van der Waals surface area contributed by atoms with Crippen LogP contribution in [0.25, 0.3) is 0 Å². The molecule has 3 rings (SSSR count). The molecule has 18 heavy (non-hydrogen) atoms. The van der Waals surface area contributed by atoms with Gasteiger partial charge in [0, 0.05) is 11.6 Å². The maximum Gasteiger partial charge on any atom is 0.0961 e. The van der Waals surface area contributed by atoms with Crippen LogP contribution in [0, 0.1) is 5.92 Å². The first-order valence-electron chi connectivity index (χ1n) is 6.92. The molecule has 1 aromatic rings. The summed E-state index contributed by atoms with van der Waals surface area (Å²) in [4.78, 5) is 0. The molecule has 0 aliphatic carbocycles. The van der Waals surface area contributed by atoms with Gasteiger partial charge in [0.25, 0.3) is 0 Å². The normalized spacial score (nSPS) is 29.6. The first-order valence-corrected chi connectivity index (χ1v) is 7.30. The van der Waals surface area contributed by atoms with E-state index in [1.54, 1.807) is 0 Å². The van der Waals surface area contributed by atoms with Crippen LogP contribution in [0.3, 0.4) is 0 Å². The number of benzene rings is 1. The molecule has 2 saturated heterocycles. The zero-order chi connectivity index (χ0) is 12.4. The number of halogens is 1. The minimum Gasteiger partial charge on any atom is -0.370 e. The third-order valence-corrected chi connectivity index (χ3v) is 4.64. The van der Waals surface area contributed by atoms with Gasteiger partial charge in [-0.2, -0.15) is 0 Å². The molecule has 1 atom stereocenters. The quantitative estimate of drug-likeness (QED) is 0.886. The second kappa shape index (κ2) is 5.20. The van der Waals surface area contributed by atoms with Crippen molar-refractivity contribution in [3.8, 4) is 0 Å². The van der Waals surface area contributed by atoms with Gasteiger partial charge in [-0.3, -0.25) is 0 Å². The van der Waals surface area contributed by atoms with E-state index in [0.29, 0.717) is 5.92 Å². The number of hydrogen-bond acceptors (Lipinski definition) is 2. The molecule has 0 radical (unpaired) electrons. The maximum absolute atomic E-state index is 6.24. The third kappa shape index (κ3) is 2.18. The molecule has 2 aliphatic rings. The standard InChI is InChI=1S/C15H20ClNO/c16-14-4-2-12(3-5-14)15(8-1-11-18-15)13-6-9-17-10-7-13/h2-5,13,17H,1,6-11H2/t15-/m1/s1. The van der Waals surface area contributed by atoms with Crippen LogP contribution in [0.2, 0.25) is 5.02 Å². The summed E-state index contributed by atoms with van der Waals surface area (Å²) in [5.41, 5.74) is 1.27. The predicted molar refractivity (Wildman–Crippen MR) is 73.9 cm³/mol. The molecular weight excluding hydrogens is 246 g/mol. The van der Waals surface area contributed by atoms with Crippen molar-refractivity contribution in [1.82, 2.24) is 5.32 Å². The molecule has 0 amide bonds. The molecular formula is C15H20ClNO. The Balaban J connectivity index is 1.92. The second-order valence-corrected chi connectivity index (χ2v) is 5.81. The van der Waals surface area contributed by atoms with Gasteiger partial charge in [0.1, 0.15) is 0 Å². The van der Waals surface area contributed by atoms with E-state index in [0.717, 1.165) is 31.1 Å².